The fourth-order valence-corrected chi connectivity index (χ4v) is 4.36. The van der Waals surface area contributed by atoms with Crippen molar-refractivity contribution in [3.63, 3.8) is 0 Å². The van der Waals surface area contributed by atoms with E-state index in [0.29, 0.717) is 24.6 Å². The average molecular weight is 439 g/mol. The molecule has 2 N–H and O–H groups in total. The second kappa shape index (κ2) is 8.35. The van der Waals surface area contributed by atoms with E-state index in [1.54, 1.807) is 12.1 Å². The smallest absolute Gasteiger partial charge is 0.120 e. The first-order chi connectivity index (χ1) is 13.6. The minimum Gasteiger partial charge on any atom is -0.508 e. The summed E-state index contributed by atoms with van der Waals surface area (Å²) in [5.41, 5.74) is 3.03. The van der Waals surface area contributed by atoms with Crippen molar-refractivity contribution in [1.29, 1.82) is 0 Å². The van der Waals surface area contributed by atoms with Crippen LogP contribution in [0.5, 0.6) is 11.5 Å². The summed E-state index contributed by atoms with van der Waals surface area (Å²) in [6.07, 6.45) is 0.0507. The van der Waals surface area contributed by atoms with E-state index < -0.39 is 0 Å². The molecule has 0 radical (unpaired) electrons. The van der Waals surface area contributed by atoms with Gasteiger partial charge in [-0.2, -0.15) is 0 Å². The van der Waals surface area contributed by atoms with E-state index in [9.17, 15) is 10.2 Å². The second-order valence-electron chi connectivity index (χ2n) is 7.09. The highest BCUT2D eigenvalue weighted by atomic mass is 79.9. The summed E-state index contributed by atoms with van der Waals surface area (Å²) in [6, 6.07) is 23.3. The normalized spacial score (nSPS) is 15.9. The van der Waals surface area contributed by atoms with Crippen LogP contribution >= 0.6 is 15.9 Å². The van der Waals surface area contributed by atoms with Crippen molar-refractivity contribution in [3.8, 4) is 11.5 Å². The summed E-state index contributed by atoms with van der Waals surface area (Å²) in [4.78, 5) is 4.74. The SMILES string of the molecule is Oc1ccccc1CN1CCN(Cc2ccccc2O)C1c1ccccc1Br. The summed E-state index contributed by atoms with van der Waals surface area (Å²) in [7, 11) is 0. The molecule has 0 saturated carbocycles. The molecule has 1 aliphatic heterocycles. The van der Waals surface area contributed by atoms with Gasteiger partial charge in [0, 0.05) is 41.8 Å². The van der Waals surface area contributed by atoms with Crippen molar-refractivity contribution < 1.29 is 10.2 Å². The predicted molar refractivity (Wildman–Crippen MR) is 114 cm³/mol. The highest BCUT2D eigenvalue weighted by molar-refractivity contribution is 9.10. The molecule has 1 aliphatic rings. The number of phenolic OH excluding ortho intramolecular Hbond substituents is 2. The molecular formula is C23H23BrN2O2. The van der Waals surface area contributed by atoms with Crippen LogP contribution < -0.4 is 0 Å². The summed E-state index contributed by atoms with van der Waals surface area (Å²) < 4.78 is 1.06. The zero-order valence-corrected chi connectivity index (χ0v) is 17.1. The third kappa shape index (κ3) is 3.92. The highest BCUT2D eigenvalue weighted by Crippen LogP contribution is 2.37. The van der Waals surface area contributed by atoms with Gasteiger partial charge in [0.25, 0.3) is 0 Å². The van der Waals surface area contributed by atoms with Crippen LogP contribution in [-0.4, -0.2) is 33.1 Å². The van der Waals surface area contributed by atoms with Gasteiger partial charge in [0.15, 0.2) is 0 Å². The van der Waals surface area contributed by atoms with Gasteiger partial charge in [0.1, 0.15) is 11.5 Å². The van der Waals surface area contributed by atoms with Gasteiger partial charge in [0.05, 0.1) is 6.17 Å². The Kier molecular flexibility index (Phi) is 5.67. The first kappa shape index (κ1) is 19.0. The van der Waals surface area contributed by atoms with Gasteiger partial charge in [0.2, 0.25) is 0 Å². The molecule has 1 heterocycles. The Morgan fingerprint density at radius 1 is 0.714 bits per heavy atom. The lowest BCUT2D eigenvalue weighted by Gasteiger charge is -2.32. The van der Waals surface area contributed by atoms with Crippen molar-refractivity contribution >= 4 is 15.9 Å². The monoisotopic (exact) mass is 438 g/mol. The molecule has 0 aromatic heterocycles. The van der Waals surface area contributed by atoms with Crippen LogP contribution in [0.2, 0.25) is 0 Å². The third-order valence-corrected chi connectivity index (χ3v) is 6.00. The molecule has 0 bridgehead atoms. The first-order valence-corrected chi connectivity index (χ1v) is 10.2. The molecule has 3 aromatic carbocycles. The Morgan fingerprint density at radius 3 is 1.68 bits per heavy atom. The van der Waals surface area contributed by atoms with Gasteiger partial charge in [-0.1, -0.05) is 70.5 Å². The zero-order valence-electron chi connectivity index (χ0n) is 15.5. The molecule has 3 aromatic rings. The molecule has 28 heavy (non-hydrogen) atoms. The Labute approximate surface area is 173 Å². The third-order valence-electron chi connectivity index (χ3n) is 5.28. The zero-order chi connectivity index (χ0) is 19.5. The van der Waals surface area contributed by atoms with E-state index >= 15 is 0 Å². The van der Waals surface area contributed by atoms with Crippen LogP contribution in [0.3, 0.4) is 0 Å². The number of aromatic hydroxyl groups is 2. The number of halogens is 1. The van der Waals surface area contributed by atoms with E-state index in [0.717, 1.165) is 28.7 Å². The van der Waals surface area contributed by atoms with Crippen LogP contribution in [0.4, 0.5) is 0 Å². The molecule has 5 heteroatoms. The molecular weight excluding hydrogens is 416 g/mol. The standard InChI is InChI=1S/C23H23BrN2O2/c24-20-10-4-3-9-19(20)23-25(15-17-7-1-5-11-21(17)27)13-14-26(23)16-18-8-2-6-12-22(18)28/h1-12,23,27-28H,13-16H2. The van der Waals surface area contributed by atoms with Gasteiger partial charge in [-0.25, -0.2) is 0 Å². The summed E-state index contributed by atoms with van der Waals surface area (Å²) in [6.45, 7) is 3.09. The summed E-state index contributed by atoms with van der Waals surface area (Å²) in [5.74, 6) is 0.653. The lowest BCUT2D eigenvalue weighted by atomic mass is 10.1. The molecule has 0 amide bonds. The second-order valence-corrected chi connectivity index (χ2v) is 7.95. The van der Waals surface area contributed by atoms with Crippen LogP contribution in [0.15, 0.2) is 77.3 Å². The molecule has 0 atom stereocenters. The maximum Gasteiger partial charge on any atom is 0.120 e. The van der Waals surface area contributed by atoms with Crippen molar-refractivity contribution in [2.24, 2.45) is 0 Å². The number of hydrogen-bond acceptors (Lipinski definition) is 4. The number of phenols is 2. The Hall–Kier alpha value is -2.34. The van der Waals surface area contributed by atoms with E-state index in [1.807, 2.05) is 42.5 Å². The van der Waals surface area contributed by atoms with E-state index in [4.69, 9.17) is 0 Å². The number of hydrogen-bond donors (Lipinski definition) is 2. The Morgan fingerprint density at radius 2 is 1.18 bits per heavy atom. The molecule has 0 unspecified atom stereocenters. The fourth-order valence-electron chi connectivity index (χ4n) is 3.87. The lowest BCUT2D eigenvalue weighted by Crippen LogP contribution is -2.30. The minimum atomic E-state index is 0.0507. The topological polar surface area (TPSA) is 46.9 Å². The van der Waals surface area contributed by atoms with Gasteiger partial charge < -0.3 is 10.2 Å². The molecule has 4 rings (SSSR count). The van der Waals surface area contributed by atoms with Gasteiger partial charge in [-0.15, -0.1) is 0 Å². The Balaban J connectivity index is 1.66. The molecule has 0 spiro atoms. The van der Waals surface area contributed by atoms with Crippen LogP contribution in [-0.2, 0) is 13.1 Å². The van der Waals surface area contributed by atoms with E-state index in [1.165, 1.54) is 5.56 Å². The number of rotatable bonds is 5. The van der Waals surface area contributed by atoms with Crippen molar-refractivity contribution in [2.75, 3.05) is 13.1 Å². The fraction of sp³-hybridized carbons (Fsp3) is 0.217. The first-order valence-electron chi connectivity index (χ1n) is 9.40. The number of benzene rings is 3. The Bertz CT molecular complexity index is 907. The maximum absolute atomic E-state index is 10.2. The predicted octanol–water partition coefficient (Wildman–Crippen LogP) is 4.88. The molecule has 144 valence electrons. The lowest BCUT2D eigenvalue weighted by molar-refractivity contribution is 0.123. The molecule has 1 saturated heterocycles. The van der Waals surface area contributed by atoms with Gasteiger partial charge in [-0.3, -0.25) is 9.80 Å². The van der Waals surface area contributed by atoms with E-state index in [-0.39, 0.29) is 6.17 Å². The average Bonchev–Trinajstić information content (AvgIpc) is 3.08. The van der Waals surface area contributed by atoms with Crippen molar-refractivity contribution in [3.05, 3.63) is 94.0 Å². The molecule has 0 aliphatic carbocycles. The number of nitrogens with zero attached hydrogens (tertiary/aromatic N) is 2. The summed E-state index contributed by atoms with van der Waals surface area (Å²) >= 11 is 3.71. The minimum absolute atomic E-state index is 0.0507. The maximum atomic E-state index is 10.2. The highest BCUT2D eigenvalue weighted by Gasteiger charge is 2.34. The van der Waals surface area contributed by atoms with Gasteiger partial charge >= 0.3 is 0 Å². The number of para-hydroxylation sites is 2. The molecule has 4 nitrogen and oxygen atoms in total. The van der Waals surface area contributed by atoms with Crippen LogP contribution in [0.25, 0.3) is 0 Å². The quantitative estimate of drug-likeness (QED) is 0.595. The van der Waals surface area contributed by atoms with Crippen LogP contribution in [0, 0.1) is 0 Å². The van der Waals surface area contributed by atoms with Crippen LogP contribution in [0.1, 0.15) is 22.9 Å². The van der Waals surface area contributed by atoms with Gasteiger partial charge in [-0.05, 0) is 23.8 Å². The van der Waals surface area contributed by atoms with Crippen molar-refractivity contribution in [2.45, 2.75) is 19.3 Å². The van der Waals surface area contributed by atoms with Crippen molar-refractivity contribution in [1.82, 2.24) is 9.80 Å². The van der Waals surface area contributed by atoms with E-state index in [2.05, 4.69) is 43.9 Å². The largest absolute Gasteiger partial charge is 0.508 e. The summed E-state index contributed by atoms with van der Waals surface area (Å²) in [5, 5.41) is 20.5. The molecule has 1 fully saturated rings.